The fourth-order valence-electron chi connectivity index (χ4n) is 4.43. The molecule has 30 heavy (non-hydrogen) atoms. The van der Waals surface area contributed by atoms with E-state index >= 15 is 0 Å². The van der Waals surface area contributed by atoms with Gasteiger partial charge in [-0.15, -0.1) is 0 Å². The average molecular weight is 409 g/mol. The molecule has 0 spiro atoms. The smallest absolute Gasteiger partial charge is 0.234 e. The minimum Gasteiger partial charge on any atom is -0.368 e. The maximum atomic E-state index is 14.0. The van der Waals surface area contributed by atoms with Crippen LogP contribution in [0.25, 0.3) is 0 Å². The lowest BCUT2D eigenvalue weighted by atomic mass is 9.79. The summed E-state index contributed by atoms with van der Waals surface area (Å²) in [6.45, 7) is 8.67. The van der Waals surface area contributed by atoms with Crippen molar-refractivity contribution in [3.05, 3.63) is 60.2 Å². The van der Waals surface area contributed by atoms with Gasteiger partial charge in [0.15, 0.2) is 0 Å². The third-order valence-corrected chi connectivity index (χ3v) is 5.87. The predicted molar refractivity (Wildman–Crippen MR) is 121 cm³/mol. The number of amides is 2. The minimum atomic E-state index is -0.967. The number of fused-ring (bicyclic) bond motifs is 1. The largest absolute Gasteiger partial charge is 0.368 e. The molecule has 0 aliphatic carbocycles. The first kappa shape index (κ1) is 21.8. The van der Waals surface area contributed by atoms with E-state index in [9.17, 15) is 9.59 Å². The number of nitrogens with zero attached hydrogens (tertiary/aromatic N) is 2. The van der Waals surface area contributed by atoms with Crippen molar-refractivity contribution in [1.29, 1.82) is 0 Å². The molecular weight excluding hydrogens is 376 g/mol. The molecule has 0 radical (unpaired) electrons. The summed E-state index contributed by atoms with van der Waals surface area (Å²) in [5.74, 6) is -1.68. The Kier molecular flexibility index (Phi) is 6.46. The lowest BCUT2D eigenvalue weighted by Crippen LogP contribution is -2.51. The van der Waals surface area contributed by atoms with Crippen LogP contribution in [-0.4, -0.2) is 36.5 Å². The van der Waals surface area contributed by atoms with Crippen molar-refractivity contribution in [3.63, 3.8) is 0 Å². The summed E-state index contributed by atoms with van der Waals surface area (Å²) in [6, 6.07) is 16.6. The van der Waals surface area contributed by atoms with Crippen LogP contribution in [0.4, 0.5) is 11.4 Å². The first-order valence-electron chi connectivity index (χ1n) is 10.5. The van der Waals surface area contributed by atoms with E-state index in [1.807, 2.05) is 73.3 Å². The minimum absolute atomic E-state index is 0.0360. The van der Waals surface area contributed by atoms with Gasteiger partial charge >= 0.3 is 0 Å². The van der Waals surface area contributed by atoms with Crippen LogP contribution in [0.5, 0.6) is 0 Å². The third kappa shape index (κ3) is 4.05. The summed E-state index contributed by atoms with van der Waals surface area (Å²) in [5, 5.41) is 0. The molecule has 2 unspecified atom stereocenters. The highest BCUT2D eigenvalue weighted by molar-refractivity contribution is 6.01. The zero-order chi connectivity index (χ0) is 22.0. The van der Waals surface area contributed by atoms with Crippen LogP contribution in [0.3, 0.4) is 0 Å². The van der Waals surface area contributed by atoms with E-state index in [0.717, 1.165) is 16.9 Å². The first-order valence-corrected chi connectivity index (χ1v) is 10.5. The maximum absolute atomic E-state index is 14.0. The Hall–Kier alpha value is -2.86. The highest BCUT2D eigenvalue weighted by Gasteiger charge is 2.43. The number of para-hydroxylation sites is 2. The summed E-state index contributed by atoms with van der Waals surface area (Å²) >= 11 is 0. The fourth-order valence-corrected chi connectivity index (χ4v) is 4.43. The van der Waals surface area contributed by atoms with Gasteiger partial charge in [0.2, 0.25) is 11.8 Å². The SMILES string of the molecule is CC(C)N1CC(C(c2ccccc2)[C@@H](N)C(N)=O)C(=O)N(C(C)C)c2ccccc21. The highest BCUT2D eigenvalue weighted by atomic mass is 16.2. The molecule has 1 aliphatic heterocycles. The Labute approximate surface area is 178 Å². The molecule has 0 saturated carbocycles. The molecule has 0 bridgehead atoms. The number of carbonyl (C=O) groups is 2. The second-order valence-electron chi connectivity index (χ2n) is 8.51. The second kappa shape index (κ2) is 8.88. The second-order valence-corrected chi connectivity index (χ2v) is 8.51. The van der Waals surface area contributed by atoms with Gasteiger partial charge in [-0.05, 0) is 45.4 Å². The Morgan fingerprint density at radius 1 is 0.933 bits per heavy atom. The molecule has 160 valence electrons. The standard InChI is InChI=1S/C24H32N4O2/c1-15(2)27-14-18(21(22(25)23(26)29)17-10-6-5-7-11-17)24(30)28(16(3)4)20-13-9-8-12-19(20)27/h5-13,15-16,18,21-22H,14,25H2,1-4H3,(H2,26,29)/t18?,21?,22-/m1/s1. The lowest BCUT2D eigenvalue weighted by molar-refractivity contribution is -0.124. The molecule has 1 aliphatic rings. The van der Waals surface area contributed by atoms with Crippen molar-refractivity contribution >= 4 is 23.2 Å². The molecule has 1 heterocycles. The van der Waals surface area contributed by atoms with E-state index in [4.69, 9.17) is 11.5 Å². The van der Waals surface area contributed by atoms with E-state index in [1.165, 1.54) is 0 Å². The number of benzene rings is 2. The maximum Gasteiger partial charge on any atom is 0.234 e. The number of carbonyl (C=O) groups excluding carboxylic acids is 2. The molecule has 6 nitrogen and oxygen atoms in total. The van der Waals surface area contributed by atoms with Gasteiger partial charge in [-0.2, -0.15) is 0 Å². The topological polar surface area (TPSA) is 92.7 Å². The Morgan fingerprint density at radius 3 is 2.03 bits per heavy atom. The van der Waals surface area contributed by atoms with Gasteiger partial charge in [-0.3, -0.25) is 9.59 Å². The van der Waals surface area contributed by atoms with Gasteiger partial charge in [0, 0.05) is 24.5 Å². The van der Waals surface area contributed by atoms with E-state index in [1.54, 1.807) is 0 Å². The quantitative estimate of drug-likeness (QED) is 0.769. The summed E-state index contributed by atoms with van der Waals surface area (Å²) in [6.07, 6.45) is 0. The number of hydrogen-bond donors (Lipinski definition) is 2. The van der Waals surface area contributed by atoms with Gasteiger partial charge < -0.3 is 21.3 Å². The van der Waals surface area contributed by atoms with Gasteiger partial charge in [-0.25, -0.2) is 0 Å². The number of rotatable bonds is 6. The van der Waals surface area contributed by atoms with Crippen molar-refractivity contribution in [2.45, 2.75) is 51.7 Å². The zero-order valence-electron chi connectivity index (χ0n) is 18.2. The molecule has 6 heteroatoms. The zero-order valence-corrected chi connectivity index (χ0v) is 18.2. The van der Waals surface area contributed by atoms with Gasteiger partial charge in [0.25, 0.3) is 0 Å². The molecular formula is C24H32N4O2. The van der Waals surface area contributed by atoms with Crippen molar-refractivity contribution in [3.8, 4) is 0 Å². The summed E-state index contributed by atoms with van der Waals surface area (Å²) in [4.78, 5) is 30.2. The van der Waals surface area contributed by atoms with Crippen LogP contribution < -0.4 is 21.3 Å². The molecule has 3 rings (SSSR count). The molecule has 0 saturated heterocycles. The van der Waals surface area contributed by atoms with Gasteiger partial charge in [0.1, 0.15) is 0 Å². The van der Waals surface area contributed by atoms with E-state index < -0.39 is 23.8 Å². The molecule has 4 N–H and O–H groups in total. The number of primary amides is 1. The van der Waals surface area contributed by atoms with Crippen molar-refractivity contribution < 1.29 is 9.59 Å². The fraction of sp³-hybridized carbons (Fsp3) is 0.417. The Morgan fingerprint density at radius 2 is 1.50 bits per heavy atom. The summed E-state index contributed by atoms with van der Waals surface area (Å²) in [7, 11) is 0. The molecule has 2 aromatic rings. The monoisotopic (exact) mass is 408 g/mol. The van der Waals surface area contributed by atoms with Crippen LogP contribution in [0.1, 0.15) is 39.2 Å². The van der Waals surface area contributed by atoms with Crippen molar-refractivity contribution in [1.82, 2.24) is 0 Å². The summed E-state index contributed by atoms with van der Waals surface area (Å²) in [5.41, 5.74) is 14.7. The van der Waals surface area contributed by atoms with Crippen LogP contribution in [0, 0.1) is 5.92 Å². The first-order chi connectivity index (χ1) is 14.2. The normalized spacial score (nSPS) is 18.9. The predicted octanol–water partition coefficient (Wildman–Crippen LogP) is 2.87. The highest BCUT2D eigenvalue weighted by Crippen LogP contribution is 2.40. The van der Waals surface area contributed by atoms with Crippen molar-refractivity contribution in [2.24, 2.45) is 17.4 Å². The Bertz CT molecular complexity index is 897. The van der Waals surface area contributed by atoms with Gasteiger partial charge in [0.05, 0.1) is 23.3 Å². The number of anilines is 2. The number of nitrogens with two attached hydrogens (primary N) is 2. The molecule has 0 fully saturated rings. The lowest BCUT2D eigenvalue weighted by Gasteiger charge is -2.35. The van der Waals surface area contributed by atoms with Crippen LogP contribution in [-0.2, 0) is 9.59 Å². The number of hydrogen-bond acceptors (Lipinski definition) is 4. The molecule has 2 aromatic carbocycles. The molecule has 0 aromatic heterocycles. The van der Waals surface area contributed by atoms with E-state index in [2.05, 4.69) is 18.7 Å². The van der Waals surface area contributed by atoms with E-state index in [-0.39, 0.29) is 18.0 Å². The van der Waals surface area contributed by atoms with Crippen molar-refractivity contribution in [2.75, 3.05) is 16.3 Å². The molecule has 3 atom stereocenters. The van der Waals surface area contributed by atoms with Gasteiger partial charge in [-0.1, -0.05) is 42.5 Å². The summed E-state index contributed by atoms with van der Waals surface area (Å²) < 4.78 is 0. The third-order valence-electron chi connectivity index (χ3n) is 5.87. The molecule has 2 amide bonds. The van der Waals surface area contributed by atoms with Crippen LogP contribution >= 0.6 is 0 Å². The van der Waals surface area contributed by atoms with Crippen LogP contribution in [0.2, 0.25) is 0 Å². The van der Waals surface area contributed by atoms with Crippen LogP contribution in [0.15, 0.2) is 54.6 Å². The Balaban J connectivity index is 2.19. The van der Waals surface area contributed by atoms with E-state index in [0.29, 0.717) is 6.54 Å². The average Bonchev–Trinajstić information content (AvgIpc) is 2.83.